The minimum atomic E-state index is 0.142. The molecule has 1 saturated carbocycles. The number of carbonyl (C=O) groups is 1. The van der Waals surface area contributed by atoms with Gasteiger partial charge in [0.25, 0.3) is 0 Å². The van der Waals surface area contributed by atoms with Gasteiger partial charge in [-0.2, -0.15) is 0 Å². The van der Waals surface area contributed by atoms with Gasteiger partial charge in [0, 0.05) is 32.1 Å². The van der Waals surface area contributed by atoms with Crippen molar-refractivity contribution in [1.82, 2.24) is 9.88 Å². The van der Waals surface area contributed by atoms with Crippen LogP contribution in [0.3, 0.4) is 0 Å². The van der Waals surface area contributed by atoms with Gasteiger partial charge in [0.2, 0.25) is 5.91 Å². The summed E-state index contributed by atoms with van der Waals surface area (Å²) in [6, 6.07) is 6.00. The van der Waals surface area contributed by atoms with E-state index in [4.69, 9.17) is 14.5 Å². The van der Waals surface area contributed by atoms with Gasteiger partial charge >= 0.3 is 0 Å². The summed E-state index contributed by atoms with van der Waals surface area (Å²) < 4.78 is 12.3. The number of fused-ring (bicyclic) bond motifs is 1. The van der Waals surface area contributed by atoms with E-state index in [1.807, 2.05) is 24.0 Å². The second-order valence-electron chi connectivity index (χ2n) is 7.46. The Balaban J connectivity index is 1.59. The summed E-state index contributed by atoms with van der Waals surface area (Å²) >= 11 is 1.59. The molecule has 152 valence electrons. The lowest BCUT2D eigenvalue weighted by atomic mass is 10.1. The highest BCUT2D eigenvalue weighted by Crippen LogP contribution is 2.36. The molecular weight excluding hydrogens is 374 g/mol. The third-order valence-corrected chi connectivity index (χ3v) is 6.66. The van der Waals surface area contributed by atoms with Gasteiger partial charge in [-0.3, -0.25) is 14.6 Å². The third kappa shape index (κ3) is 4.31. The molecule has 0 atom stereocenters. The van der Waals surface area contributed by atoms with Gasteiger partial charge in [-0.15, -0.1) is 0 Å². The molecule has 28 heavy (non-hydrogen) atoms. The fourth-order valence-electron chi connectivity index (χ4n) is 4.06. The van der Waals surface area contributed by atoms with Crippen LogP contribution in [-0.2, 0) is 9.53 Å². The van der Waals surface area contributed by atoms with Crippen LogP contribution in [0.4, 0.5) is 5.13 Å². The van der Waals surface area contributed by atoms with E-state index < -0.39 is 0 Å². The highest BCUT2D eigenvalue weighted by atomic mass is 32.1. The minimum Gasteiger partial charge on any atom is -0.492 e. The van der Waals surface area contributed by atoms with E-state index in [1.54, 1.807) is 11.3 Å². The molecule has 7 heteroatoms. The Morgan fingerprint density at radius 3 is 2.86 bits per heavy atom. The van der Waals surface area contributed by atoms with E-state index in [-0.39, 0.29) is 11.8 Å². The number of morpholine rings is 1. The molecule has 2 aromatic rings. The van der Waals surface area contributed by atoms with Crippen LogP contribution in [0.15, 0.2) is 18.2 Å². The average molecular weight is 404 g/mol. The van der Waals surface area contributed by atoms with Crippen LogP contribution in [0.25, 0.3) is 10.2 Å². The Labute approximate surface area is 170 Å². The summed E-state index contributed by atoms with van der Waals surface area (Å²) in [7, 11) is 0. The maximum Gasteiger partial charge on any atom is 0.231 e. The molecule has 0 N–H and O–H groups in total. The molecule has 1 amide bonds. The Morgan fingerprint density at radius 1 is 1.32 bits per heavy atom. The number of thiazole rings is 1. The molecular formula is C21H29N3O3S. The van der Waals surface area contributed by atoms with Crippen LogP contribution in [0, 0.1) is 5.92 Å². The zero-order valence-electron chi connectivity index (χ0n) is 16.6. The first-order chi connectivity index (χ1) is 13.8. The van der Waals surface area contributed by atoms with Crippen molar-refractivity contribution < 1.29 is 14.3 Å². The molecule has 1 aromatic heterocycles. The molecule has 0 bridgehead atoms. The highest BCUT2D eigenvalue weighted by molar-refractivity contribution is 7.22. The number of anilines is 1. The van der Waals surface area contributed by atoms with Crippen molar-refractivity contribution in [3.05, 3.63) is 18.2 Å². The summed E-state index contributed by atoms with van der Waals surface area (Å²) in [5.41, 5.74) is 0.861. The first kappa shape index (κ1) is 19.6. The molecule has 0 radical (unpaired) electrons. The predicted molar refractivity (Wildman–Crippen MR) is 112 cm³/mol. The summed E-state index contributed by atoms with van der Waals surface area (Å²) in [6.07, 6.45) is 4.31. The second-order valence-corrected chi connectivity index (χ2v) is 8.47. The van der Waals surface area contributed by atoms with Crippen molar-refractivity contribution in [1.29, 1.82) is 0 Å². The highest BCUT2D eigenvalue weighted by Gasteiger charge is 2.30. The molecule has 0 spiro atoms. The maximum absolute atomic E-state index is 13.3. The van der Waals surface area contributed by atoms with E-state index in [9.17, 15) is 4.79 Å². The number of hydrogen-bond donors (Lipinski definition) is 0. The van der Waals surface area contributed by atoms with Crippen molar-refractivity contribution in [2.45, 2.75) is 32.6 Å². The van der Waals surface area contributed by atoms with Crippen molar-refractivity contribution in [2.75, 3.05) is 50.9 Å². The SMILES string of the molecule is CCOc1cccc2sc(N(CCN3CCOCC3)C(=O)C3CCCC3)nc12. The Morgan fingerprint density at radius 2 is 2.11 bits per heavy atom. The Kier molecular flexibility index (Phi) is 6.44. The Bertz CT molecular complexity index is 797. The number of hydrogen-bond acceptors (Lipinski definition) is 6. The average Bonchev–Trinajstić information content (AvgIpc) is 3.39. The molecule has 1 aliphatic carbocycles. The van der Waals surface area contributed by atoms with Crippen LogP contribution in [0.2, 0.25) is 0 Å². The third-order valence-electron chi connectivity index (χ3n) is 5.62. The smallest absolute Gasteiger partial charge is 0.231 e. The van der Waals surface area contributed by atoms with E-state index in [0.29, 0.717) is 13.2 Å². The number of para-hydroxylation sites is 1. The van der Waals surface area contributed by atoms with Gasteiger partial charge in [0.05, 0.1) is 24.5 Å². The quantitative estimate of drug-likeness (QED) is 0.708. The largest absolute Gasteiger partial charge is 0.492 e. The van der Waals surface area contributed by atoms with Crippen LogP contribution in [0.1, 0.15) is 32.6 Å². The molecule has 1 aromatic carbocycles. The molecule has 0 unspecified atom stereocenters. The molecule has 1 aliphatic heterocycles. The normalized spacial score (nSPS) is 18.6. The van der Waals surface area contributed by atoms with Gasteiger partial charge in [-0.25, -0.2) is 4.98 Å². The van der Waals surface area contributed by atoms with Gasteiger partial charge in [0.1, 0.15) is 11.3 Å². The molecule has 2 heterocycles. The fourth-order valence-corrected chi connectivity index (χ4v) is 5.07. The van der Waals surface area contributed by atoms with Crippen LogP contribution < -0.4 is 9.64 Å². The lowest BCUT2D eigenvalue weighted by Gasteiger charge is -2.30. The minimum absolute atomic E-state index is 0.142. The number of amides is 1. The van der Waals surface area contributed by atoms with Crippen molar-refractivity contribution in [3.63, 3.8) is 0 Å². The first-order valence-electron chi connectivity index (χ1n) is 10.4. The van der Waals surface area contributed by atoms with Crippen molar-refractivity contribution >= 4 is 32.6 Å². The molecule has 1 saturated heterocycles. The number of rotatable bonds is 7. The Hall–Kier alpha value is -1.70. The molecule has 4 rings (SSSR count). The van der Waals surface area contributed by atoms with Crippen molar-refractivity contribution in [3.8, 4) is 5.75 Å². The predicted octanol–water partition coefficient (Wildman–Crippen LogP) is 3.55. The molecule has 2 aliphatic rings. The number of nitrogens with zero attached hydrogens (tertiary/aromatic N) is 3. The van der Waals surface area contributed by atoms with Gasteiger partial charge < -0.3 is 9.47 Å². The van der Waals surface area contributed by atoms with E-state index >= 15 is 0 Å². The van der Waals surface area contributed by atoms with Gasteiger partial charge in [0.15, 0.2) is 5.13 Å². The summed E-state index contributed by atoms with van der Waals surface area (Å²) in [5.74, 6) is 1.18. The van der Waals surface area contributed by atoms with Crippen LogP contribution in [0.5, 0.6) is 5.75 Å². The molecule has 6 nitrogen and oxygen atoms in total. The van der Waals surface area contributed by atoms with E-state index in [2.05, 4.69) is 11.0 Å². The molecule has 2 fully saturated rings. The number of carbonyl (C=O) groups excluding carboxylic acids is 1. The summed E-state index contributed by atoms with van der Waals surface area (Å²) in [6.45, 7) is 7.53. The lowest BCUT2D eigenvalue weighted by Crippen LogP contribution is -2.44. The number of benzene rings is 1. The zero-order valence-corrected chi connectivity index (χ0v) is 17.4. The van der Waals surface area contributed by atoms with Crippen molar-refractivity contribution in [2.24, 2.45) is 5.92 Å². The van der Waals surface area contributed by atoms with Gasteiger partial charge in [-0.05, 0) is 31.9 Å². The summed E-state index contributed by atoms with van der Waals surface area (Å²) in [5, 5.41) is 0.798. The first-order valence-corrected chi connectivity index (χ1v) is 11.2. The number of aromatic nitrogens is 1. The fraction of sp³-hybridized carbons (Fsp3) is 0.619. The number of ether oxygens (including phenoxy) is 2. The monoisotopic (exact) mass is 403 g/mol. The van der Waals surface area contributed by atoms with Crippen LogP contribution in [-0.4, -0.2) is 61.8 Å². The zero-order chi connectivity index (χ0) is 19.3. The summed E-state index contributed by atoms with van der Waals surface area (Å²) in [4.78, 5) is 22.5. The van der Waals surface area contributed by atoms with Gasteiger partial charge in [-0.1, -0.05) is 30.2 Å². The topological polar surface area (TPSA) is 54.9 Å². The maximum atomic E-state index is 13.3. The standard InChI is InChI=1S/C21H29N3O3S/c1-2-27-17-8-5-9-18-19(17)22-21(28-18)24(20(25)16-6-3-4-7-16)11-10-23-12-14-26-15-13-23/h5,8-9,16H,2-4,6-7,10-15H2,1H3. The van der Waals surface area contributed by atoms with Crippen LogP contribution >= 0.6 is 11.3 Å². The second kappa shape index (κ2) is 9.20. The van der Waals surface area contributed by atoms with E-state index in [1.165, 1.54) is 0 Å². The van der Waals surface area contributed by atoms with E-state index in [0.717, 1.165) is 79.6 Å². The lowest BCUT2D eigenvalue weighted by molar-refractivity contribution is -0.122.